The van der Waals surface area contributed by atoms with E-state index >= 15 is 0 Å². The zero-order chi connectivity index (χ0) is 20.7. The summed E-state index contributed by atoms with van der Waals surface area (Å²) in [6.07, 6.45) is 1.62. The third-order valence-corrected chi connectivity index (χ3v) is 5.60. The molecule has 4 heterocycles. The van der Waals surface area contributed by atoms with Crippen molar-refractivity contribution < 1.29 is 4.42 Å². The van der Waals surface area contributed by atoms with Crippen molar-refractivity contribution >= 4 is 46.2 Å². The van der Waals surface area contributed by atoms with E-state index in [0.717, 1.165) is 17.1 Å². The van der Waals surface area contributed by atoms with Gasteiger partial charge in [-0.05, 0) is 29.7 Å². The van der Waals surface area contributed by atoms with Gasteiger partial charge in [-0.2, -0.15) is 9.47 Å². The third kappa shape index (κ3) is 3.12. The Balaban J connectivity index is 1.76. The maximum Gasteiger partial charge on any atom is 0.359 e. The minimum Gasteiger partial charge on any atom is -0.401 e. The first-order valence-electron chi connectivity index (χ1n) is 9.02. The molecule has 0 saturated carbocycles. The first-order chi connectivity index (χ1) is 14.7. The van der Waals surface area contributed by atoms with E-state index in [1.807, 2.05) is 44.4 Å². The summed E-state index contributed by atoms with van der Waals surface area (Å²) >= 11 is 7.40. The molecule has 0 aliphatic heterocycles. The number of fused-ring (bicyclic) bond motifs is 1. The molecule has 4 aromatic heterocycles. The van der Waals surface area contributed by atoms with Gasteiger partial charge in [0.25, 0.3) is 0 Å². The predicted octanol–water partition coefficient (Wildman–Crippen LogP) is 3.59. The van der Waals surface area contributed by atoms with E-state index < -0.39 is 5.63 Å². The summed E-state index contributed by atoms with van der Waals surface area (Å²) in [6.45, 7) is 1.86. The van der Waals surface area contributed by atoms with Gasteiger partial charge >= 0.3 is 5.63 Å². The molecule has 0 atom stereocenters. The zero-order valence-corrected chi connectivity index (χ0v) is 17.2. The fraction of sp³-hybridized carbons (Fsp3) is 0.0500. The smallest absolute Gasteiger partial charge is 0.359 e. The Morgan fingerprint density at radius 1 is 1.17 bits per heavy atom. The van der Waals surface area contributed by atoms with Crippen LogP contribution in [0.1, 0.15) is 0 Å². The number of nitrogens with zero attached hydrogens (tertiary/aromatic N) is 5. The molecule has 145 valence electrons. The maximum absolute atomic E-state index is 12.7. The Hall–Kier alpha value is -3.30. The van der Waals surface area contributed by atoms with Gasteiger partial charge in [-0.25, -0.2) is 19.4 Å². The monoisotopic (exact) mass is 432 g/mol. The molecule has 0 amide bonds. The molecule has 1 radical (unpaired) electrons. The van der Waals surface area contributed by atoms with E-state index in [0.29, 0.717) is 38.0 Å². The van der Waals surface area contributed by atoms with Crippen molar-refractivity contribution in [2.45, 2.75) is 6.82 Å². The fourth-order valence-electron chi connectivity index (χ4n) is 3.06. The molecule has 10 heteroatoms. The first kappa shape index (κ1) is 18.7. The molecule has 7 nitrogen and oxygen atoms in total. The van der Waals surface area contributed by atoms with Gasteiger partial charge in [-0.3, -0.25) is 0 Å². The minimum atomic E-state index is -0.503. The number of hydrogen-bond donors (Lipinski definition) is 0. The summed E-state index contributed by atoms with van der Waals surface area (Å²) in [5, 5.41) is 4.93. The zero-order valence-electron chi connectivity index (χ0n) is 15.6. The molecule has 0 unspecified atom stereocenters. The predicted molar refractivity (Wildman–Crippen MR) is 118 cm³/mol. The molecule has 0 bridgehead atoms. The van der Waals surface area contributed by atoms with Crippen LogP contribution in [-0.4, -0.2) is 31.4 Å². The lowest BCUT2D eigenvalue weighted by atomic mass is 9.78. The van der Waals surface area contributed by atoms with E-state index in [2.05, 4.69) is 19.4 Å². The average Bonchev–Trinajstić information content (AvgIpc) is 3.39. The number of benzene rings is 1. The Morgan fingerprint density at radius 2 is 2.00 bits per heavy atom. The van der Waals surface area contributed by atoms with Crippen LogP contribution >= 0.6 is 23.1 Å². The number of aromatic nitrogens is 5. The van der Waals surface area contributed by atoms with E-state index in [4.69, 9.17) is 16.0 Å². The van der Waals surface area contributed by atoms with Crippen molar-refractivity contribution in [3.63, 3.8) is 0 Å². The number of pyridine rings is 1. The van der Waals surface area contributed by atoms with Crippen LogP contribution < -0.4 is 11.2 Å². The molecular formula is C20H12BClN5O2S. The van der Waals surface area contributed by atoms with Crippen molar-refractivity contribution in [3.05, 3.63) is 70.2 Å². The summed E-state index contributed by atoms with van der Waals surface area (Å²) in [6, 6.07) is 14.8. The molecule has 0 saturated heterocycles. The largest absolute Gasteiger partial charge is 0.401 e. The lowest BCUT2D eigenvalue weighted by Gasteiger charge is -2.07. The van der Waals surface area contributed by atoms with Crippen molar-refractivity contribution in [3.8, 4) is 28.7 Å². The highest BCUT2D eigenvalue weighted by Crippen LogP contribution is 2.30. The number of hydrogen-bond acceptors (Lipinski definition) is 7. The van der Waals surface area contributed by atoms with Gasteiger partial charge < -0.3 is 4.42 Å². The average molecular weight is 433 g/mol. The SMILES string of the molecule is C[B]c1cc(-c2nc3c(-c4ccccc4)nsc3c(=O)o2)n(-c2ncccc2Cl)n1. The van der Waals surface area contributed by atoms with Crippen LogP contribution in [0.3, 0.4) is 0 Å². The lowest BCUT2D eigenvalue weighted by molar-refractivity contribution is 0.514. The Morgan fingerprint density at radius 3 is 2.77 bits per heavy atom. The fourth-order valence-corrected chi connectivity index (χ4v) is 3.98. The van der Waals surface area contributed by atoms with Crippen LogP contribution in [0.5, 0.6) is 0 Å². The molecule has 30 heavy (non-hydrogen) atoms. The topological polar surface area (TPSA) is 86.7 Å². The van der Waals surface area contributed by atoms with E-state index in [9.17, 15) is 4.79 Å². The molecule has 0 aliphatic carbocycles. The highest BCUT2D eigenvalue weighted by Gasteiger charge is 2.21. The molecular weight excluding hydrogens is 421 g/mol. The third-order valence-electron chi connectivity index (χ3n) is 4.49. The highest BCUT2D eigenvalue weighted by molar-refractivity contribution is 7.13. The summed E-state index contributed by atoms with van der Waals surface area (Å²) in [7, 11) is 1.83. The summed E-state index contributed by atoms with van der Waals surface area (Å²) in [4.78, 5) is 21.7. The van der Waals surface area contributed by atoms with Gasteiger partial charge in [0.05, 0.1) is 5.02 Å². The normalized spacial score (nSPS) is 11.1. The van der Waals surface area contributed by atoms with E-state index in [1.165, 1.54) is 4.68 Å². The van der Waals surface area contributed by atoms with Crippen LogP contribution in [0.25, 0.3) is 38.9 Å². The number of rotatable bonds is 4. The molecule has 0 spiro atoms. The molecule has 0 N–H and O–H groups in total. The van der Waals surface area contributed by atoms with Crippen LogP contribution in [0.4, 0.5) is 0 Å². The summed E-state index contributed by atoms with van der Waals surface area (Å²) in [5.41, 5.74) is 2.62. The Kier molecular flexibility index (Phi) is 4.69. The molecule has 0 fully saturated rings. The van der Waals surface area contributed by atoms with Gasteiger partial charge in [-0.15, -0.1) is 0 Å². The van der Waals surface area contributed by atoms with Crippen LogP contribution in [0.2, 0.25) is 11.8 Å². The second kappa shape index (κ2) is 7.51. The van der Waals surface area contributed by atoms with Gasteiger partial charge in [0.2, 0.25) is 5.89 Å². The van der Waals surface area contributed by atoms with Gasteiger partial charge in [0.1, 0.15) is 16.9 Å². The quantitative estimate of drug-likeness (QED) is 0.403. The van der Waals surface area contributed by atoms with Crippen molar-refractivity contribution in [1.82, 2.24) is 24.1 Å². The van der Waals surface area contributed by atoms with Crippen molar-refractivity contribution in [1.29, 1.82) is 0 Å². The lowest BCUT2D eigenvalue weighted by Crippen LogP contribution is -2.14. The molecule has 0 aliphatic rings. The van der Waals surface area contributed by atoms with Crippen LogP contribution in [-0.2, 0) is 0 Å². The number of halogens is 1. The molecule has 5 rings (SSSR count). The Bertz CT molecular complexity index is 1430. The molecule has 5 aromatic rings. The van der Waals surface area contributed by atoms with Crippen molar-refractivity contribution in [2.24, 2.45) is 0 Å². The van der Waals surface area contributed by atoms with Gasteiger partial charge in [0, 0.05) is 17.4 Å². The van der Waals surface area contributed by atoms with Crippen LogP contribution in [0, 0.1) is 0 Å². The highest BCUT2D eigenvalue weighted by atomic mass is 35.5. The Labute approximate surface area is 180 Å². The maximum atomic E-state index is 12.7. The second-order valence-electron chi connectivity index (χ2n) is 6.35. The summed E-state index contributed by atoms with van der Waals surface area (Å²) in [5.74, 6) is 0.533. The second-order valence-corrected chi connectivity index (χ2v) is 7.53. The van der Waals surface area contributed by atoms with Gasteiger partial charge in [-0.1, -0.05) is 48.8 Å². The van der Waals surface area contributed by atoms with E-state index in [1.54, 1.807) is 24.4 Å². The first-order valence-corrected chi connectivity index (χ1v) is 10.2. The van der Waals surface area contributed by atoms with E-state index in [-0.39, 0.29) is 5.89 Å². The van der Waals surface area contributed by atoms with Crippen molar-refractivity contribution in [2.75, 3.05) is 0 Å². The minimum absolute atomic E-state index is 0.118. The van der Waals surface area contributed by atoms with Gasteiger partial charge in [0.15, 0.2) is 17.8 Å². The summed E-state index contributed by atoms with van der Waals surface area (Å²) < 4.78 is 11.9. The van der Waals surface area contributed by atoms with Crippen LogP contribution in [0.15, 0.2) is 63.9 Å². The molecule has 1 aromatic carbocycles. The standard InChI is InChI=1S/C20H12BClN5O2S/c1-21-14-10-13(27(25-14)18-12(22)8-5-9-23-18)19-24-16-15(11-6-3-2-4-7-11)26-30-17(16)20(28)29-19/h2-10H,1H3.